The Labute approximate surface area is 168 Å². The maximum Gasteiger partial charge on any atom is 0.291 e. The fraction of sp³-hybridized carbons (Fsp3) is 0.333. The number of morpholine rings is 1. The summed E-state index contributed by atoms with van der Waals surface area (Å²) in [4.78, 5) is 20.6. The van der Waals surface area contributed by atoms with Crippen LogP contribution in [0.1, 0.15) is 39.5 Å². The molecule has 1 atom stereocenters. The summed E-state index contributed by atoms with van der Waals surface area (Å²) in [7, 11) is 0. The molecule has 4 rings (SSSR count). The average Bonchev–Trinajstić information content (AvgIpc) is 3.41. The molecular formula is C21H23N3O3S. The summed E-state index contributed by atoms with van der Waals surface area (Å²) in [5.74, 6) is 0.0735. The molecule has 0 aromatic carbocycles. The Balaban J connectivity index is 1.72. The summed E-state index contributed by atoms with van der Waals surface area (Å²) in [6.07, 6.45) is 6.11. The van der Waals surface area contributed by atoms with Gasteiger partial charge in [-0.25, -0.2) is 0 Å². The van der Waals surface area contributed by atoms with Crippen molar-refractivity contribution in [3.63, 3.8) is 0 Å². The molecule has 1 aliphatic heterocycles. The first-order valence-electron chi connectivity index (χ1n) is 9.45. The highest BCUT2D eigenvalue weighted by atomic mass is 32.1. The van der Waals surface area contributed by atoms with Gasteiger partial charge in [0.15, 0.2) is 5.76 Å². The van der Waals surface area contributed by atoms with Gasteiger partial charge in [0, 0.05) is 35.9 Å². The number of aromatic nitrogens is 1. The number of hydrogen-bond donors (Lipinski definition) is 1. The third-order valence-corrected chi connectivity index (χ3v) is 6.05. The molecule has 1 amide bonds. The molecule has 6 nitrogen and oxygen atoms in total. The number of rotatable bonds is 6. The minimum Gasteiger partial charge on any atom is -0.459 e. The van der Waals surface area contributed by atoms with Crippen molar-refractivity contribution in [2.45, 2.75) is 19.4 Å². The molecule has 4 heterocycles. The van der Waals surface area contributed by atoms with Gasteiger partial charge in [0.25, 0.3) is 5.91 Å². The van der Waals surface area contributed by atoms with Crippen LogP contribution >= 0.6 is 11.3 Å². The summed E-state index contributed by atoms with van der Waals surface area (Å²) in [6, 6.07) is 9.65. The van der Waals surface area contributed by atoms with Crippen LogP contribution in [0.5, 0.6) is 0 Å². The van der Waals surface area contributed by atoms with Gasteiger partial charge in [-0.1, -0.05) is 13.0 Å². The number of carbonyl (C=O) groups is 1. The Kier molecular flexibility index (Phi) is 5.85. The number of carbonyl (C=O) groups excluding carboxylic acids is 1. The van der Waals surface area contributed by atoms with E-state index in [2.05, 4.69) is 34.3 Å². The van der Waals surface area contributed by atoms with E-state index >= 15 is 0 Å². The Bertz CT molecular complexity index is 902. The number of nitrogens with one attached hydrogen (secondary N) is 1. The van der Waals surface area contributed by atoms with E-state index in [0.717, 1.165) is 35.6 Å². The number of furan rings is 1. The summed E-state index contributed by atoms with van der Waals surface area (Å²) in [5.41, 5.74) is 2.20. The number of ether oxygens (including phenoxy) is 1. The molecule has 3 aromatic rings. The van der Waals surface area contributed by atoms with Crippen LogP contribution in [-0.4, -0.2) is 42.1 Å². The third-order valence-electron chi connectivity index (χ3n) is 4.84. The standard InChI is InChI=1S/C21H23N3O3S/c1-2-16-13-17(21(28-16)23-20(25)18-6-4-10-27-18)19(15-5-3-7-22-14-15)24-8-11-26-12-9-24/h3-7,10,13-14,19H,2,8-9,11-12H2,1H3,(H,23,25)/t19-/m1/s1. The van der Waals surface area contributed by atoms with E-state index in [1.807, 2.05) is 12.3 Å². The topological polar surface area (TPSA) is 67.6 Å². The number of thiophene rings is 1. The van der Waals surface area contributed by atoms with E-state index in [9.17, 15) is 4.79 Å². The molecule has 0 radical (unpaired) electrons. The third kappa shape index (κ3) is 4.01. The van der Waals surface area contributed by atoms with Crippen LogP contribution in [0.4, 0.5) is 5.00 Å². The van der Waals surface area contributed by atoms with Gasteiger partial charge < -0.3 is 14.5 Å². The van der Waals surface area contributed by atoms with Crippen LogP contribution in [0.15, 0.2) is 53.4 Å². The zero-order valence-electron chi connectivity index (χ0n) is 15.8. The van der Waals surface area contributed by atoms with Crippen LogP contribution < -0.4 is 5.32 Å². The number of aryl methyl sites for hydroxylation is 1. The van der Waals surface area contributed by atoms with E-state index < -0.39 is 0 Å². The lowest BCUT2D eigenvalue weighted by molar-refractivity contribution is 0.0240. The zero-order chi connectivity index (χ0) is 19.3. The molecule has 1 N–H and O–H groups in total. The second kappa shape index (κ2) is 8.68. The van der Waals surface area contributed by atoms with Crippen molar-refractivity contribution >= 4 is 22.2 Å². The number of amides is 1. The number of nitrogens with zero attached hydrogens (tertiary/aromatic N) is 2. The second-order valence-corrected chi connectivity index (χ2v) is 7.76. The predicted octanol–water partition coefficient (Wildman–Crippen LogP) is 3.97. The molecule has 1 saturated heterocycles. The Morgan fingerprint density at radius 3 is 2.86 bits per heavy atom. The van der Waals surface area contributed by atoms with Crippen LogP contribution in [0.25, 0.3) is 0 Å². The molecule has 1 aliphatic rings. The molecule has 3 aromatic heterocycles. The summed E-state index contributed by atoms with van der Waals surface area (Å²) >= 11 is 1.62. The molecule has 0 spiro atoms. The molecule has 1 fully saturated rings. The maximum absolute atomic E-state index is 12.6. The highest BCUT2D eigenvalue weighted by Crippen LogP contribution is 2.39. The average molecular weight is 398 g/mol. The summed E-state index contributed by atoms with van der Waals surface area (Å²) in [5, 5.41) is 3.92. The van der Waals surface area contributed by atoms with Crippen LogP contribution in [0, 0.1) is 0 Å². The van der Waals surface area contributed by atoms with Crippen LogP contribution in [0.2, 0.25) is 0 Å². The normalized spacial score (nSPS) is 16.0. The van der Waals surface area contributed by atoms with Crippen molar-refractivity contribution in [2.75, 3.05) is 31.6 Å². The lowest BCUT2D eigenvalue weighted by atomic mass is 9.99. The van der Waals surface area contributed by atoms with E-state index in [0.29, 0.717) is 19.0 Å². The fourth-order valence-corrected chi connectivity index (χ4v) is 4.49. The molecule has 0 unspecified atom stereocenters. The number of anilines is 1. The van der Waals surface area contributed by atoms with Crippen molar-refractivity contribution in [3.8, 4) is 0 Å². The quantitative estimate of drug-likeness (QED) is 0.682. The van der Waals surface area contributed by atoms with E-state index in [1.165, 1.54) is 11.1 Å². The number of hydrogen-bond acceptors (Lipinski definition) is 6. The van der Waals surface area contributed by atoms with Crippen molar-refractivity contribution < 1.29 is 13.9 Å². The van der Waals surface area contributed by atoms with Crippen molar-refractivity contribution in [2.24, 2.45) is 0 Å². The van der Waals surface area contributed by atoms with Gasteiger partial charge in [0.2, 0.25) is 0 Å². The molecule has 0 aliphatic carbocycles. The van der Waals surface area contributed by atoms with Crippen molar-refractivity contribution in [1.29, 1.82) is 0 Å². The van der Waals surface area contributed by atoms with Crippen molar-refractivity contribution in [1.82, 2.24) is 9.88 Å². The van der Waals surface area contributed by atoms with Gasteiger partial charge in [0.05, 0.1) is 25.5 Å². The molecule has 28 heavy (non-hydrogen) atoms. The maximum atomic E-state index is 12.6. The molecule has 146 valence electrons. The minimum absolute atomic E-state index is 0.0149. The first kappa shape index (κ1) is 18.9. The van der Waals surface area contributed by atoms with Gasteiger partial charge in [-0.3, -0.25) is 14.7 Å². The Morgan fingerprint density at radius 1 is 1.32 bits per heavy atom. The summed E-state index contributed by atoms with van der Waals surface area (Å²) in [6.45, 7) is 5.21. The lowest BCUT2D eigenvalue weighted by Crippen LogP contribution is -2.39. The molecule has 0 saturated carbocycles. The van der Waals surface area contributed by atoms with Gasteiger partial charge in [0.1, 0.15) is 5.00 Å². The highest BCUT2D eigenvalue weighted by molar-refractivity contribution is 7.16. The first-order valence-corrected chi connectivity index (χ1v) is 10.3. The smallest absolute Gasteiger partial charge is 0.291 e. The Hall–Kier alpha value is -2.48. The van der Waals surface area contributed by atoms with Gasteiger partial charge in [-0.05, 0) is 36.2 Å². The highest BCUT2D eigenvalue weighted by Gasteiger charge is 2.29. The SMILES string of the molecule is CCc1cc([C@@H](c2cccnc2)N2CCOCC2)c(NC(=O)c2ccco2)s1. The van der Waals surface area contributed by atoms with Gasteiger partial charge in [-0.15, -0.1) is 11.3 Å². The predicted molar refractivity (Wildman–Crippen MR) is 109 cm³/mol. The van der Waals surface area contributed by atoms with Gasteiger partial charge >= 0.3 is 0 Å². The molecule has 7 heteroatoms. The van der Waals surface area contributed by atoms with Crippen LogP contribution in [-0.2, 0) is 11.2 Å². The molecular weight excluding hydrogens is 374 g/mol. The van der Waals surface area contributed by atoms with Gasteiger partial charge in [-0.2, -0.15) is 0 Å². The largest absolute Gasteiger partial charge is 0.459 e. The van der Waals surface area contributed by atoms with E-state index in [1.54, 1.807) is 29.7 Å². The second-order valence-electron chi connectivity index (χ2n) is 6.62. The fourth-order valence-electron chi connectivity index (χ4n) is 3.47. The monoisotopic (exact) mass is 397 g/mol. The van der Waals surface area contributed by atoms with Crippen LogP contribution in [0.3, 0.4) is 0 Å². The zero-order valence-corrected chi connectivity index (χ0v) is 16.6. The first-order chi connectivity index (χ1) is 13.8. The summed E-state index contributed by atoms with van der Waals surface area (Å²) < 4.78 is 10.8. The van der Waals surface area contributed by atoms with E-state index in [4.69, 9.17) is 9.15 Å². The lowest BCUT2D eigenvalue weighted by Gasteiger charge is -2.35. The number of pyridine rings is 1. The van der Waals surface area contributed by atoms with Crippen molar-refractivity contribution in [3.05, 3.63) is 70.8 Å². The molecule has 0 bridgehead atoms. The Morgan fingerprint density at radius 2 is 2.18 bits per heavy atom. The van der Waals surface area contributed by atoms with E-state index in [-0.39, 0.29) is 11.9 Å². The minimum atomic E-state index is -0.234.